The van der Waals surface area contributed by atoms with E-state index in [1.54, 1.807) is 19.1 Å². The Morgan fingerprint density at radius 2 is 1.75 bits per heavy atom. The lowest BCUT2D eigenvalue weighted by molar-refractivity contribution is -0.131. The highest BCUT2D eigenvalue weighted by Gasteiger charge is 2.22. The highest BCUT2D eigenvalue weighted by molar-refractivity contribution is 5.91. The summed E-state index contributed by atoms with van der Waals surface area (Å²) in [5.74, 6) is -1.45. The number of aryl methyl sites for hydroxylation is 1. The molecular weight excluding hydrogens is 468 g/mol. The van der Waals surface area contributed by atoms with E-state index in [1.807, 2.05) is 0 Å². The van der Waals surface area contributed by atoms with E-state index in [1.165, 1.54) is 12.1 Å². The largest absolute Gasteiger partial charge is 0.423 e. The van der Waals surface area contributed by atoms with Crippen LogP contribution in [-0.2, 0) is 14.4 Å². The summed E-state index contributed by atoms with van der Waals surface area (Å²) in [7, 11) is 0. The zero-order valence-corrected chi connectivity index (χ0v) is 20.7. The smallest absolute Gasteiger partial charge is 0.412 e. The molecule has 0 bridgehead atoms. The summed E-state index contributed by atoms with van der Waals surface area (Å²) in [6.07, 6.45) is 4.02. The summed E-state index contributed by atoms with van der Waals surface area (Å²) < 4.78 is 10.3. The number of hydrogen-bond donors (Lipinski definition) is 4. The molecule has 1 aromatic heterocycles. The minimum absolute atomic E-state index is 0.0288. The highest BCUT2D eigenvalue weighted by Crippen LogP contribution is 2.22. The predicted octanol–water partition coefficient (Wildman–Crippen LogP) is 2.03. The van der Waals surface area contributed by atoms with Crippen LogP contribution < -0.4 is 32.0 Å². The zero-order chi connectivity index (χ0) is 26.5. The number of ether oxygens (including phenoxy) is 1. The van der Waals surface area contributed by atoms with Gasteiger partial charge in [-0.15, -0.1) is 0 Å². The van der Waals surface area contributed by atoms with Gasteiger partial charge in [-0.2, -0.15) is 0 Å². The number of hydrogen-bond acceptors (Lipinski definition) is 7. The molecule has 1 heterocycles. The van der Waals surface area contributed by atoms with E-state index in [-0.39, 0.29) is 37.6 Å². The van der Waals surface area contributed by atoms with E-state index in [4.69, 9.17) is 14.9 Å². The predicted molar refractivity (Wildman–Crippen MR) is 133 cm³/mol. The van der Waals surface area contributed by atoms with Gasteiger partial charge in [0.2, 0.25) is 17.7 Å². The van der Waals surface area contributed by atoms with Gasteiger partial charge in [0.15, 0.2) is 0 Å². The second kappa shape index (κ2) is 14.5. The molecular formula is C25H34N4O7. The maximum atomic E-state index is 12.4. The number of fused-ring (bicyclic) bond motifs is 1. The quantitative estimate of drug-likeness (QED) is 0.226. The number of nitrogens with one attached hydrogen (secondary N) is 3. The normalized spacial score (nSPS) is 11.5. The van der Waals surface area contributed by atoms with Crippen LogP contribution in [0.4, 0.5) is 4.79 Å². The third kappa shape index (κ3) is 9.77. The van der Waals surface area contributed by atoms with E-state index in [9.17, 15) is 24.0 Å². The average Bonchev–Trinajstić information content (AvgIpc) is 2.80. The SMILES string of the molecule is CCCCCCCC(=O)N[C@H](CC(N)=O)C(=O)NCCNC(=O)Oc1ccc2c(C)cc(=O)oc2c1. The van der Waals surface area contributed by atoms with Crippen molar-refractivity contribution in [2.75, 3.05) is 13.1 Å². The van der Waals surface area contributed by atoms with Crippen molar-refractivity contribution in [3.63, 3.8) is 0 Å². The van der Waals surface area contributed by atoms with Crippen molar-refractivity contribution in [1.29, 1.82) is 0 Å². The van der Waals surface area contributed by atoms with Crippen LogP contribution in [0.25, 0.3) is 11.0 Å². The number of unbranched alkanes of at least 4 members (excludes halogenated alkanes) is 4. The van der Waals surface area contributed by atoms with E-state index in [0.717, 1.165) is 36.6 Å². The number of carbonyl (C=O) groups is 4. The molecule has 2 aromatic rings. The fourth-order valence-electron chi connectivity index (χ4n) is 3.55. The molecule has 1 aromatic carbocycles. The minimum Gasteiger partial charge on any atom is -0.423 e. The van der Waals surface area contributed by atoms with Crippen LogP contribution in [0.3, 0.4) is 0 Å². The van der Waals surface area contributed by atoms with E-state index in [0.29, 0.717) is 12.0 Å². The molecule has 196 valence electrons. The van der Waals surface area contributed by atoms with Gasteiger partial charge in [0.05, 0.1) is 6.42 Å². The lowest BCUT2D eigenvalue weighted by atomic mass is 10.1. The molecule has 1 atom stereocenters. The first-order chi connectivity index (χ1) is 17.2. The van der Waals surface area contributed by atoms with Crippen molar-refractivity contribution in [2.24, 2.45) is 5.73 Å². The maximum absolute atomic E-state index is 12.4. The van der Waals surface area contributed by atoms with Crippen LogP contribution in [-0.4, -0.2) is 42.9 Å². The Balaban J connectivity index is 1.77. The number of amides is 4. The molecule has 11 nitrogen and oxygen atoms in total. The Morgan fingerprint density at radius 1 is 1.03 bits per heavy atom. The van der Waals surface area contributed by atoms with Gasteiger partial charge in [0.25, 0.3) is 0 Å². The molecule has 0 spiro atoms. The van der Waals surface area contributed by atoms with Crippen LogP contribution in [0, 0.1) is 6.92 Å². The van der Waals surface area contributed by atoms with Crippen LogP contribution in [0.1, 0.15) is 57.4 Å². The van der Waals surface area contributed by atoms with E-state index < -0.39 is 29.6 Å². The van der Waals surface area contributed by atoms with Crippen molar-refractivity contribution in [2.45, 2.75) is 64.8 Å². The molecule has 36 heavy (non-hydrogen) atoms. The van der Waals surface area contributed by atoms with E-state index in [2.05, 4.69) is 22.9 Å². The van der Waals surface area contributed by atoms with Crippen LogP contribution in [0.2, 0.25) is 0 Å². The number of primary amides is 1. The van der Waals surface area contributed by atoms with Gasteiger partial charge in [-0.05, 0) is 31.0 Å². The molecule has 5 N–H and O–H groups in total. The summed E-state index contributed by atoms with van der Waals surface area (Å²) in [6.45, 7) is 3.93. The van der Waals surface area contributed by atoms with Crippen LogP contribution in [0.5, 0.6) is 5.75 Å². The van der Waals surface area contributed by atoms with Gasteiger partial charge in [-0.1, -0.05) is 32.6 Å². The van der Waals surface area contributed by atoms with Crippen LogP contribution in [0.15, 0.2) is 33.5 Å². The molecule has 0 saturated heterocycles. The molecule has 0 fully saturated rings. The Hall–Kier alpha value is -3.89. The first-order valence-corrected chi connectivity index (χ1v) is 12.0. The topological polar surface area (TPSA) is 170 Å². The number of nitrogens with two attached hydrogens (primary N) is 1. The molecule has 2 rings (SSSR count). The third-order valence-electron chi connectivity index (χ3n) is 5.39. The third-order valence-corrected chi connectivity index (χ3v) is 5.39. The van der Waals surface area contributed by atoms with Gasteiger partial charge in [0.1, 0.15) is 17.4 Å². The van der Waals surface area contributed by atoms with Crippen molar-refractivity contribution in [3.8, 4) is 5.75 Å². The fraction of sp³-hybridized carbons (Fsp3) is 0.480. The molecule has 0 saturated carbocycles. The Morgan fingerprint density at radius 3 is 2.47 bits per heavy atom. The average molecular weight is 503 g/mol. The first kappa shape index (κ1) is 28.3. The summed E-state index contributed by atoms with van der Waals surface area (Å²) in [5, 5.41) is 8.30. The molecule has 0 aliphatic heterocycles. The summed E-state index contributed by atoms with van der Waals surface area (Å²) >= 11 is 0. The first-order valence-electron chi connectivity index (χ1n) is 12.0. The van der Waals surface area contributed by atoms with Crippen LogP contribution >= 0.6 is 0 Å². The van der Waals surface area contributed by atoms with Crippen molar-refractivity contribution in [3.05, 3.63) is 40.2 Å². The van der Waals surface area contributed by atoms with Gasteiger partial charge in [-0.25, -0.2) is 9.59 Å². The van der Waals surface area contributed by atoms with Gasteiger partial charge < -0.3 is 30.8 Å². The second-order valence-electron chi connectivity index (χ2n) is 8.47. The number of carbonyl (C=O) groups excluding carboxylic acids is 4. The monoisotopic (exact) mass is 502 g/mol. The molecule has 11 heteroatoms. The lowest BCUT2D eigenvalue weighted by Crippen LogP contribution is -2.49. The zero-order valence-electron chi connectivity index (χ0n) is 20.7. The molecule has 0 unspecified atom stereocenters. The van der Waals surface area contributed by atoms with E-state index >= 15 is 0 Å². The van der Waals surface area contributed by atoms with Crippen molar-refractivity contribution >= 4 is 34.8 Å². The molecule has 4 amide bonds. The standard InChI is InChI=1S/C25H34N4O7/c1-3-4-5-6-7-8-22(31)29-19(15-21(26)30)24(33)27-11-12-28-25(34)35-17-9-10-18-16(2)13-23(32)36-20(18)14-17/h9-10,13-14,19H,3-8,11-12,15H2,1-2H3,(H2,26,30)(H,27,33)(H,28,34)(H,29,31)/t19-/m1/s1. The maximum Gasteiger partial charge on any atom is 0.412 e. The molecule has 0 aliphatic carbocycles. The Bertz CT molecular complexity index is 1130. The summed E-state index contributed by atoms with van der Waals surface area (Å²) in [5.41, 5.74) is 5.74. The van der Waals surface area contributed by atoms with Gasteiger partial charge >= 0.3 is 11.7 Å². The Labute approximate surface area is 209 Å². The number of benzene rings is 1. The van der Waals surface area contributed by atoms with Crippen molar-refractivity contribution < 1.29 is 28.3 Å². The van der Waals surface area contributed by atoms with Gasteiger partial charge in [-0.3, -0.25) is 14.4 Å². The summed E-state index contributed by atoms with van der Waals surface area (Å²) in [6, 6.07) is 4.96. The minimum atomic E-state index is -1.09. The van der Waals surface area contributed by atoms with Crippen molar-refractivity contribution in [1.82, 2.24) is 16.0 Å². The molecule has 0 radical (unpaired) electrons. The Kier molecular flexibility index (Phi) is 11.4. The fourth-order valence-corrected chi connectivity index (χ4v) is 3.55. The second-order valence-corrected chi connectivity index (χ2v) is 8.47. The molecule has 0 aliphatic rings. The van der Waals surface area contributed by atoms with Gasteiger partial charge in [0, 0.05) is 37.0 Å². The summed E-state index contributed by atoms with van der Waals surface area (Å²) in [4.78, 5) is 59.5. The highest BCUT2D eigenvalue weighted by atomic mass is 16.6. The lowest BCUT2D eigenvalue weighted by Gasteiger charge is -2.17. The number of rotatable bonds is 14.